The first kappa shape index (κ1) is 14.8. The number of ether oxygens (including phenoxy) is 1. The van der Waals surface area contributed by atoms with Crippen molar-refractivity contribution >= 4 is 23.2 Å². The van der Waals surface area contributed by atoms with Gasteiger partial charge in [-0.2, -0.15) is 0 Å². The smallest absolute Gasteiger partial charge is 0.413 e. The van der Waals surface area contributed by atoms with E-state index in [2.05, 4.69) is 19.9 Å². The predicted octanol–water partition coefficient (Wildman–Crippen LogP) is 3.90. The van der Waals surface area contributed by atoms with Gasteiger partial charge in [0.25, 0.3) is 0 Å². The number of anilines is 1. The van der Waals surface area contributed by atoms with Crippen LogP contribution in [0.2, 0.25) is 0 Å². The third-order valence-corrected chi connectivity index (χ3v) is 4.13. The molecule has 0 spiro atoms. The number of carbonyl (C=O) groups is 1. The highest BCUT2D eigenvalue weighted by molar-refractivity contribution is 5.85. The fourth-order valence-electron chi connectivity index (χ4n) is 3.14. The van der Waals surface area contributed by atoms with Crippen molar-refractivity contribution < 1.29 is 9.53 Å². The Hall–Kier alpha value is -2.11. The Bertz CT molecular complexity index is 645. The Morgan fingerprint density at radius 2 is 2.14 bits per heavy atom. The average Bonchev–Trinajstić information content (AvgIpc) is 2.69. The Morgan fingerprint density at radius 3 is 2.86 bits per heavy atom. The van der Waals surface area contributed by atoms with E-state index in [1.165, 1.54) is 25.7 Å². The van der Waals surface area contributed by atoms with Gasteiger partial charge < -0.3 is 4.74 Å². The molecule has 6 nitrogen and oxygen atoms in total. The lowest BCUT2D eigenvalue weighted by atomic mass is 10.1. The first-order valence-corrected chi connectivity index (χ1v) is 8.06. The number of carbonyl (C=O) groups excluding carboxylic acids is 1. The number of pyridine rings is 1. The summed E-state index contributed by atoms with van der Waals surface area (Å²) < 4.78 is 7.07. The van der Waals surface area contributed by atoms with Gasteiger partial charge in [-0.3, -0.25) is 9.88 Å². The van der Waals surface area contributed by atoms with Crippen molar-refractivity contribution in [2.24, 2.45) is 0 Å². The van der Waals surface area contributed by atoms with E-state index < -0.39 is 6.09 Å². The monoisotopic (exact) mass is 302 g/mol. The van der Waals surface area contributed by atoms with Crippen LogP contribution in [0.4, 0.5) is 10.7 Å². The number of imidazole rings is 1. The molecule has 118 valence electrons. The molecule has 1 N–H and O–H groups in total. The molecule has 1 aliphatic rings. The summed E-state index contributed by atoms with van der Waals surface area (Å²) in [5, 5.41) is 2.77. The van der Waals surface area contributed by atoms with E-state index in [0.717, 1.165) is 24.0 Å². The third-order valence-electron chi connectivity index (χ3n) is 4.13. The van der Waals surface area contributed by atoms with Crippen LogP contribution in [0.3, 0.4) is 0 Å². The maximum atomic E-state index is 11.8. The molecule has 1 amide bonds. The number of amides is 1. The lowest BCUT2D eigenvalue weighted by Gasteiger charge is -2.19. The fraction of sp³-hybridized carbons (Fsp3) is 0.562. The number of nitrogens with zero attached hydrogens (tertiary/aromatic N) is 3. The normalized spacial score (nSPS) is 16.4. The Morgan fingerprint density at radius 1 is 1.36 bits per heavy atom. The molecule has 0 aliphatic heterocycles. The van der Waals surface area contributed by atoms with E-state index in [-0.39, 0.29) is 0 Å². The van der Waals surface area contributed by atoms with Gasteiger partial charge in [-0.25, -0.2) is 14.8 Å². The van der Waals surface area contributed by atoms with E-state index in [1.807, 2.05) is 12.1 Å². The van der Waals surface area contributed by atoms with Crippen molar-refractivity contribution in [1.82, 2.24) is 14.5 Å². The van der Waals surface area contributed by atoms with Gasteiger partial charge in [-0.15, -0.1) is 0 Å². The standard InChI is InChI=1S/C16H22N4O2/c1-2-22-16(21)19-15-18-13-10-7-11-17-14(13)20(15)12-8-5-3-4-6-9-12/h7,10-12H,2-6,8-9H2,1H3,(H,18,19,21). The summed E-state index contributed by atoms with van der Waals surface area (Å²) in [7, 11) is 0. The third kappa shape index (κ3) is 3.05. The van der Waals surface area contributed by atoms with Gasteiger partial charge in [0.2, 0.25) is 5.95 Å². The molecule has 2 aromatic rings. The van der Waals surface area contributed by atoms with Crippen LogP contribution >= 0.6 is 0 Å². The Labute approximate surface area is 129 Å². The van der Waals surface area contributed by atoms with Crippen LogP contribution in [0.1, 0.15) is 51.5 Å². The maximum Gasteiger partial charge on any atom is 0.413 e. The SMILES string of the molecule is CCOC(=O)Nc1nc2cccnc2n1C1CCCCCC1. The number of nitrogens with one attached hydrogen (secondary N) is 1. The first-order valence-electron chi connectivity index (χ1n) is 8.06. The summed E-state index contributed by atoms with van der Waals surface area (Å²) in [4.78, 5) is 20.8. The molecule has 0 aromatic carbocycles. The van der Waals surface area contributed by atoms with Gasteiger partial charge in [0.15, 0.2) is 5.65 Å². The number of fused-ring (bicyclic) bond motifs is 1. The summed E-state index contributed by atoms with van der Waals surface area (Å²) in [6.07, 6.45) is 8.46. The fourth-order valence-corrected chi connectivity index (χ4v) is 3.14. The second-order valence-electron chi connectivity index (χ2n) is 5.64. The quantitative estimate of drug-likeness (QED) is 0.873. The molecule has 2 aromatic heterocycles. The zero-order chi connectivity index (χ0) is 15.4. The van der Waals surface area contributed by atoms with Crippen LogP contribution in [-0.2, 0) is 4.74 Å². The van der Waals surface area contributed by atoms with Crippen molar-refractivity contribution in [1.29, 1.82) is 0 Å². The Kier molecular flexibility index (Phi) is 4.56. The molecule has 1 aliphatic carbocycles. The van der Waals surface area contributed by atoms with Crippen LogP contribution in [0.5, 0.6) is 0 Å². The average molecular weight is 302 g/mol. The highest BCUT2D eigenvalue weighted by Gasteiger charge is 2.22. The highest BCUT2D eigenvalue weighted by atomic mass is 16.5. The van der Waals surface area contributed by atoms with Gasteiger partial charge in [0, 0.05) is 12.2 Å². The number of hydrogen-bond acceptors (Lipinski definition) is 4. The van der Waals surface area contributed by atoms with Gasteiger partial charge in [-0.1, -0.05) is 25.7 Å². The summed E-state index contributed by atoms with van der Waals surface area (Å²) in [6, 6.07) is 4.12. The zero-order valence-electron chi connectivity index (χ0n) is 12.9. The van der Waals surface area contributed by atoms with Gasteiger partial charge in [0.1, 0.15) is 5.52 Å². The molecule has 3 rings (SSSR count). The molecule has 0 unspecified atom stereocenters. The number of rotatable bonds is 3. The van der Waals surface area contributed by atoms with E-state index in [4.69, 9.17) is 4.74 Å². The van der Waals surface area contributed by atoms with E-state index in [9.17, 15) is 4.79 Å². The minimum atomic E-state index is -0.465. The van der Waals surface area contributed by atoms with Crippen LogP contribution < -0.4 is 5.32 Å². The summed E-state index contributed by atoms with van der Waals surface area (Å²) in [5.74, 6) is 0.541. The van der Waals surface area contributed by atoms with Crippen LogP contribution in [0.15, 0.2) is 18.3 Å². The molecule has 1 fully saturated rings. The summed E-state index contributed by atoms with van der Waals surface area (Å²) in [5.41, 5.74) is 1.64. The number of aromatic nitrogens is 3. The highest BCUT2D eigenvalue weighted by Crippen LogP contribution is 2.32. The zero-order valence-corrected chi connectivity index (χ0v) is 12.9. The van der Waals surface area contributed by atoms with E-state index in [1.54, 1.807) is 13.1 Å². The Balaban J connectivity index is 1.98. The molecule has 6 heteroatoms. The van der Waals surface area contributed by atoms with Crippen molar-refractivity contribution in [2.75, 3.05) is 11.9 Å². The van der Waals surface area contributed by atoms with Crippen LogP contribution in [0, 0.1) is 0 Å². The van der Waals surface area contributed by atoms with E-state index >= 15 is 0 Å². The van der Waals surface area contributed by atoms with Crippen molar-refractivity contribution in [3.8, 4) is 0 Å². The molecular weight excluding hydrogens is 280 g/mol. The second kappa shape index (κ2) is 6.77. The minimum absolute atomic E-state index is 0.333. The van der Waals surface area contributed by atoms with Gasteiger partial charge in [0.05, 0.1) is 6.61 Å². The van der Waals surface area contributed by atoms with Crippen molar-refractivity contribution in [2.45, 2.75) is 51.5 Å². The molecule has 0 saturated heterocycles. The largest absolute Gasteiger partial charge is 0.450 e. The molecule has 1 saturated carbocycles. The van der Waals surface area contributed by atoms with E-state index in [0.29, 0.717) is 18.6 Å². The lowest BCUT2D eigenvalue weighted by Crippen LogP contribution is -2.19. The topological polar surface area (TPSA) is 69.0 Å². The maximum absolute atomic E-state index is 11.8. The second-order valence-corrected chi connectivity index (χ2v) is 5.64. The van der Waals surface area contributed by atoms with Crippen molar-refractivity contribution in [3.63, 3.8) is 0 Å². The summed E-state index contributed by atoms with van der Waals surface area (Å²) in [6.45, 7) is 2.13. The van der Waals surface area contributed by atoms with Gasteiger partial charge >= 0.3 is 6.09 Å². The molecule has 0 bridgehead atoms. The van der Waals surface area contributed by atoms with Crippen LogP contribution in [-0.4, -0.2) is 27.2 Å². The van der Waals surface area contributed by atoms with Crippen LogP contribution in [0.25, 0.3) is 11.2 Å². The predicted molar refractivity (Wildman–Crippen MR) is 84.9 cm³/mol. The minimum Gasteiger partial charge on any atom is -0.450 e. The molecule has 0 atom stereocenters. The molecule has 2 heterocycles. The molecule has 22 heavy (non-hydrogen) atoms. The van der Waals surface area contributed by atoms with Gasteiger partial charge in [-0.05, 0) is 31.9 Å². The van der Waals surface area contributed by atoms with Crippen molar-refractivity contribution in [3.05, 3.63) is 18.3 Å². The molecular formula is C16H22N4O2. The summed E-state index contributed by atoms with van der Waals surface area (Å²) >= 11 is 0. The lowest BCUT2D eigenvalue weighted by molar-refractivity contribution is 0.167. The number of hydrogen-bond donors (Lipinski definition) is 1. The molecule has 0 radical (unpaired) electrons. The first-order chi connectivity index (χ1) is 10.8.